The first-order valence-corrected chi connectivity index (χ1v) is 5.92. The van der Waals surface area contributed by atoms with Crippen molar-refractivity contribution in [3.05, 3.63) is 50.6 Å². The maximum absolute atomic E-state index is 10.2. The summed E-state index contributed by atoms with van der Waals surface area (Å²) in [6.45, 7) is 0. The predicted molar refractivity (Wildman–Crippen MR) is 77.3 cm³/mol. The summed E-state index contributed by atoms with van der Waals surface area (Å²) >= 11 is 0.588. The lowest BCUT2D eigenvalue weighted by Crippen LogP contribution is -1.89. The lowest BCUT2D eigenvalue weighted by atomic mass is 10.3. The molecule has 2 aromatic rings. The van der Waals surface area contributed by atoms with Crippen LogP contribution in [0.25, 0.3) is 0 Å². The van der Waals surface area contributed by atoms with E-state index in [1.165, 1.54) is 0 Å². The fourth-order valence-electron chi connectivity index (χ4n) is 1.11. The second-order valence-electron chi connectivity index (χ2n) is 3.52. The van der Waals surface area contributed by atoms with Crippen molar-refractivity contribution in [2.24, 2.45) is 0 Å². The molecule has 1 heterocycles. The molecule has 0 aliphatic heterocycles. The maximum atomic E-state index is 10.2. The average Bonchev–Trinajstić information content (AvgIpc) is 2.76. The summed E-state index contributed by atoms with van der Waals surface area (Å²) in [7, 11) is 0. The molecule has 0 amide bonds. The van der Waals surface area contributed by atoms with Gasteiger partial charge in [-0.3, -0.25) is 20.2 Å². The fraction of sp³-hybridized carbons (Fsp3) is 0. The van der Waals surface area contributed by atoms with Gasteiger partial charge in [0.1, 0.15) is 6.07 Å². The molecule has 0 spiro atoms. The quantitative estimate of drug-likeness (QED) is 0.433. The molecule has 0 saturated heterocycles. The highest BCUT2D eigenvalue weighted by Gasteiger charge is 2.22. The topological polar surface area (TPSA) is 164 Å². The number of rotatable bonds is 2. The molecule has 0 aliphatic carbocycles. The number of hydrogen-bond donors (Lipinski definition) is 3. The molecular formula is C10H11N5O4S. The molecular weight excluding hydrogens is 286 g/mol. The first-order valence-electron chi connectivity index (χ1n) is 5.10. The van der Waals surface area contributed by atoms with Crippen LogP contribution in [-0.4, -0.2) is 9.85 Å². The minimum absolute atomic E-state index is 0.147. The van der Waals surface area contributed by atoms with Crippen LogP contribution < -0.4 is 17.2 Å². The van der Waals surface area contributed by atoms with Crippen LogP contribution in [0.2, 0.25) is 0 Å². The van der Waals surface area contributed by atoms with Gasteiger partial charge in [-0.05, 0) is 35.6 Å². The van der Waals surface area contributed by atoms with Crippen molar-refractivity contribution in [1.82, 2.24) is 0 Å². The highest BCUT2D eigenvalue weighted by atomic mass is 32.1. The van der Waals surface area contributed by atoms with E-state index in [1.807, 2.05) is 0 Å². The van der Waals surface area contributed by atoms with Gasteiger partial charge >= 0.3 is 10.7 Å². The van der Waals surface area contributed by atoms with Crippen molar-refractivity contribution >= 4 is 38.4 Å². The van der Waals surface area contributed by atoms with Crippen LogP contribution in [0.15, 0.2) is 30.3 Å². The van der Waals surface area contributed by atoms with Gasteiger partial charge in [0.05, 0.1) is 9.85 Å². The Hall–Kier alpha value is -2.88. The number of benzene rings is 1. The molecule has 1 aromatic carbocycles. The van der Waals surface area contributed by atoms with Gasteiger partial charge in [-0.15, -0.1) is 0 Å². The Kier molecular flexibility index (Phi) is 4.81. The molecule has 6 N–H and O–H groups in total. The number of nitrogen functional groups attached to an aromatic ring is 3. The smallest absolute Gasteiger partial charge is 0.333 e. The van der Waals surface area contributed by atoms with Crippen LogP contribution in [-0.2, 0) is 0 Å². The highest BCUT2D eigenvalue weighted by molar-refractivity contribution is 7.19. The van der Waals surface area contributed by atoms with Crippen molar-refractivity contribution in [2.75, 3.05) is 17.2 Å². The lowest BCUT2D eigenvalue weighted by molar-refractivity contribution is -0.389. The van der Waals surface area contributed by atoms with Crippen LogP contribution in [0.4, 0.5) is 27.1 Å². The Morgan fingerprint density at radius 1 is 0.900 bits per heavy atom. The van der Waals surface area contributed by atoms with Gasteiger partial charge in [0.15, 0.2) is 5.00 Å². The summed E-state index contributed by atoms with van der Waals surface area (Å²) in [6.07, 6.45) is 0. The van der Waals surface area contributed by atoms with E-state index in [2.05, 4.69) is 0 Å². The van der Waals surface area contributed by atoms with Crippen molar-refractivity contribution in [2.45, 2.75) is 0 Å². The first kappa shape index (κ1) is 15.2. The maximum Gasteiger partial charge on any atom is 0.333 e. The molecule has 0 fully saturated rings. The molecule has 2 rings (SSSR count). The number of hydrogen-bond acceptors (Lipinski definition) is 8. The fourth-order valence-corrected chi connectivity index (χ4v) is 1.82. The van der Waals surface area contributed by atoms with Crippen molar-refractivity contribution in [3.8, 4) is 0 Å². The Labute approximate surface area is 116 Å². The number of nitrogens with zero attached hydrogens (tertiary/aromatic N) is 2. The second-order valence-corrected chi connectivity index (χ2v) is 4.58. The van der Waals surface area contributed by atoms with Crippen LogP contribution in [0.3, 0.4) is 0 Å². The summed E-state index contributed by atoms with van der Waals surface area (Å²) in [5, 5.41) is 19.8. The van der Waals surface area contributed by atoms with E-state index in [9.17, 15) is 20.2 Å². The third kappa shape index (κ3) is 4.10. The van der Waals surface area contributed by atoms with Crippen molar-refractivity contribution < 1.29 is 9.85 Å². The van der Waals surface area contributed by atoms with Gasteiger partial charge in [-0.1, -0.05) is 0 Å². The third-order valence-electron chi connectivity index (χ3n) is 2.04. The summed E-state index contributed by atoms with van der Waals surface area (Å²) in [5.41, 5.74) is 17.0. The molecule has 0 unspecified atom stereocenters. The van der Waals surface area contributed by atoms with Crippen LogP contribution >= 0.6 is 11.3 Å². The van der Waals surface area contributed by atoms with E-state index in [0.29, 0.717) is 11.3 Å². The van der Waals surface area contributed by atoms with Crippen LogP contribution in [0.5, 0.6) is 0 Å². The molecule has 106 valence electrons. The van der Waals surface area contributed by atoms with E-state index >= 15 is 0 Å². The number of thiophene rings is 1. The van der Waals surface area contributed by atoms with Crippen molar-refractivity contribution in [3.63, 3.8) is 0 Å². The van der Waals surface area contributed by atoms with Gasteiger partial charge in [0.25, 0.3) is 0 Å². The zero-order chi connectivity index (χ0) is 15.3. The van der Waals surface area contributed by atoms with Crippen molar-refractivity contribution in [1.29, 1.82) is 0 Å². The van der Waals surface area contributed by atoms with Gasteiger partial charge in [0.2, 0.25) is 0 Å². The molecule has 20 heavy (non-hydrogen) atoms. The van der Waals surface area contributed by atoms with Crippen LogP contribution in [0, 0.1) is 20.2 Å². The number of anilines is 3. The largest absolute Gasteiger partial charge is 0.399 e. The minimum Gasteiger partial charge on any atom is -0.399 e. The SMILES string of the molecule is Nc1ccc(N)cc1.Nc1sc([N+](=O)[O-])cc1[N+](=O)[O-]. The molecule has 9 nitrogen and oxygen atoms in total. The Morgan fingerprint density at radius 2 is 1.35 bits per heavy atom. The van der Waals surface area contributed by atoms with E-state index in [0.717, 1.165) is 17.4 Å². The molecule has 0 aliphatic rings. The Bertz CT molecular complexity index is 604. The standard InChI is InChI=1S/C6H8N2.C4H3N3O4S/c7-5-1-2-6(8)4-3-5;5-4-2(6(8)9)1-3(12-4)7(10)11/h1-4H,7-8H2;1H,5H2. The van der Waals surface area contributed by atoms with Gasteiger partial charge < -0.3 is 17.2 Å². The minimum atomic E-state index is -0.751. The lowest BCUT2D eigenvalue weighted by Gasteiger charge is -1.90. The van der Waals surface area contributed by atoms with E-state index < -0.39 is 15.5 Å². The summed E-state index contributed by atoms with van der Waals surface area (Å²) in [4.78, 5) is 18.8. The van der Waals surface area contributed by atoms with Gasteiger partial charge in [-0.2, -0.15) is 0 Å². The van der Waals surface area contributed by atoms with E-state index in [1.54, 1.807) is 24.3 Å². The van der Waals surface area contributed by atoms with E-state index in [4.69, 9.17) is 17.2 Å². The molecule has 1 aromatic heterocycles. The normalized spacial score (nSPS) is 9.40. The Morgan fingerprint density at radius 3 is 1.60 bits per heavy atom. The third-order valence-corrected chi connectivity index (χ3v) is 2.95. The van der Waals surface area contributed by atoms with Crippen LogP contribution in [0.1, 0.15) is 0 Å². The molecule has 0 radical (unpaired) electrons. The number of nitrogens with two attached hydrogens (primary N) is 3. The molecule has 10 heteroatoms. The molecule has 0 saturated carbocycles. The Balaban J connectivity index is 0.000000217. The van der Waals surface area contributed by atoms with Gasteiger partial charge in [-0.25, -0.2) is 0 Å². The zero-order valence-corrected chi connectivity index (χ0v) is 10.9. The predicted octanol–water partition coefficient (Wildman–Crippen LogP) is 2.00. The van der Waals surface area contributed by atoms with E-state index in [-0.39, 0.29) is 10.0 Å². The molecule has 0 bridgehead atoms. The average molecular weight is 297 g/mol. The molecule has 0 atom stereocenters. The number of nitro groups is 2. The second kappa shape index (κ2) is 6.33. The summed E-state index contributed by atoms with van der Waals surface area (Å²) in [5.74, 6) is 0. The monoisotopic (exact) mass is 297 g/mol. The highest BCUT2D eigenvalue weighted by Crippen LogP contribution is 2.36. The first-order chi connectivity index (χ1) is 9.31. The summed E-state index contributed by atoms with van der Waals surface area (Å²) in [6, 6.07) is 7.94. The van der Waals surface area contributed by atoms with Gasteiger partial charge in [0, 0.05) is 11.4 Å². The zero-order valence-electron chi connectivity index (χ0n) is 10.1. The summed E-state index contributed by atoms with van der Waals surface area (Å²) < 4.78 is 0.